The Balaban J connectivity index is 4.18. The Morgan fingerprint density at radius 3 is 2.38 bits per heavy atom. The largest absolute Gasteiger partial charge is 0.295 e. The van der Waals surface area contributed by atoms with E-state index < -0.39 is 0 Å². The van der Waals surface area contributed by atoms with Gasteiger partial charge in [-0.15, -0.1) is 0 Å². The zero-order chi connectivity index (χ0) is 12.6. The van der Waals surface area contributed by atoms with Crippen LogP contribution in [0.4, 0.5) is 0 Å². The Morgan fingerprint density at radius 2 is 1.88 bits per heavy atom. The van der Waals surface area contributed by atoms with Crippen molar-refractivity contribution in [2.24, 2.45) is 5.41 Å². The quantitative estimate of drug-likeness (QED) is 0.451. The Morgan fingerprint density at radius 1 is 1.25 bits per heavy atom. The van der Waals surface area contributed by atoms with Gasteiger partial charge in [0.15, 0.2) is 5.78 Å². The van der Waals surface area contributed by atoms with Gasteiger partial charge in [-0.25, -0.2) is 0 Å². The van der Waals surface area contributed by atoms with Gasteiger partial charge in [-0.05, 0) is 38.2 Å². The van der Waals surface area contributed by atoms with E-state index in [1.54, 1.807) is 6.08 Å². The van der Waals surface area contributed by atoms with Crippen LogP contribution in [0.25, 0.3) is 0 Å². The highest BCUT2D eigenvalue weighted by Gasteiger charge is 2.12. The summed E-state index contributed by atoms with van der Waals surface area (Å²) in [5.41, 5.74) is 1.41. The van der Waals surface area contributed by atoms with E-state index >= 15 is 0 Å². The van der Waals surface area contributed by atoms with Crippen LogP contribution in [0.1, 0.15) is 60.3 Å². The lowest BCUT2D eigenvalue weighted by Gasteiger charge is -2.17. The summed E-state index contributed by atoms with van der Waals surface area (Å²) in [5, 5.41) is 0. The van der Waals surface area contributed by atoms with Gasteiger partial charge in [0.1, 0.15) is 0 Å². The molecule has 0 heterocycles. The van der Waals surface area contributed by atoms with Crippen molar-refractivity contribution in [3.05, 3.63) is 23.8 Å². The zero-order valence-corrected chi connectivity index (χ0v) is 11.5. The second-order valence-corrected chi connectivity index (χ2v) is 5.38. The molecule has 16 heavy (non-hydrogen) atoms. The van der Waals surface area contributed by atoms with Crippen molar-refractivity contribution in [3.63, 3.8) is 0 Å². The number of rotatable bonds is 7. The fraction of sp³-hybridized carbons (Fsp3) is 0.667. The van der Waals surface area contributed by atoms with E-state index in [2.05, 4.69) is 40.7 Å². The molecule has 0 radical (unpaired) electrons. The van der Waals surface area contributed by atoms with E-state index in [1.165, 1.54) is 5.57 Å². The van der Waals surface area contributed by atoms with Crippen LogP contribution < -0.4 is 0 Å². The second kappa shape index (κ2) is 7.43. The van der Waals surface area contributed by atoms with Crippen LogP contribution in [-0.4, -0.2) is 5.78 Å². The zero-order valence-electron chi connectivity index (χ0n) is 11.5. The van der Waals surface area contributed by atoms with Gasteiger partial charge in [-0.1, -0.05) is 44.9 Å². The molecule has 0 unspecified atom stereocenters. The van der Waals surface area contributed by atoms with Gasteiger partial charge >= 0.3 is 0 Å². The predicted molar refractivity (Wildman–Crippen MR) is 71.5 cm³/mol. The highest BCUT2D eigenvalue weighted by Crippen LogP contribution is 2.23. The molecule has 0 atom stereocenters. The van der Waals surface area contributed by atoms with E-state index in [1.807, 2.05) is 6.08 Å². The van der Waals surface area contributed by atoms with Crippen molar-refractivity contribution < 1.29 is 4.79 Å². The monoisotopic (exact) mass is 222 g/mol. The van der Waals surface area contributed by atoms with Gasteiger partial charge in [0, 0.05) is 6.42 Å². The molecular formula is C15H26O. The van der Waals surface area contributed by atoms with Crippen molar-refractivity contribution in [2.45, 2.75) is 60.3 Å². The van der Waals surface area contributed by atoms with Crippen LogP contribution in [0.15, 0.2) is 23.8 Å². The first-order chi connectivity index (χ1) is 7.37. The number of ketones is 1. The lowest BCUT2D eigenvalue weighted by atomic mass is 9.87. The summed E-state index contributed by atoms with van der Waals surface area (Å²) >= 11 is 0. The number of carbonyl (C=O) groups excluding carboxylic acids is 1. The molecule has 0 bridgehead atoms. The first-order valence-corrected chi connectivity index (χ1v) is 6.23. The standard InChI is InChI=1S/C15H26O/c1-6-7-8-14(16)10-12-15(4,5)11-9-13(2)3/h9-10,12H,6-8,11H2,1-5H3/b12-10+. The normalized spacial score (nSPS) is 11.8. The first kappa shape index (κ1) is 15.2. The van der Waals surface area contributed by atoms with Gasteiger partial charge in [0.25, 0.3) is 0 Å². The summed E-state index contributed by atoms with van der Waals surface area (Å²) in [4.78, 5) is 11.5. The molecular weight excluding hydrogens is 196 g/mol. The molecule has 0 aliphatic rings. The minimum atomic E-state index is 0.0825. The van der Waals surface area contributed by atoms with Crippen LogP contribution in [0.2, 0.25) is 0 Å². The molecule has 0 saturated heterocycles. The fourth-order valence-electron chi connectivity index (χ4n) is 1.29. The third-order valence-corrected chi connectivity index (χ3v) is 2.53. The van der Waals surface area contributed by atoms with Crippen LogP contribution in [0.3, 0.4) is 0 Å². The highest BCUT2D eigenvalue weighted by atomic mass is 16.1. The highest BCUT2D eigenvalue weighted by molar-refractivity contribution is 5.89. The maximum atomic E-state index is 11.5. The summed E-state index contributed by atoms with van der Waals surface area (Å²) in [5.74, 6) is 0.257. The van der Waals surface area contributed by atoms with E-state index in [-0.39, 0.29) is 11.2 Å². The molecule has 0 spiro atoms. The van der Waals surface area contributed by atoms with Crippen LogP contribution in [0.5, 0.6) is 0 Å². The molecule has 1 nitrogen and oxygen atoms in total. The Bertz CT molecular complexity index is 265. The molecule has 0 saturated carbocycles. The molecule has 0 aliphatic carbocycles. The number of carbonyl (C=O) groups is 1. The van der Waals surface area contributed by atoms with Crippen molar-refractivity contribution in [1.29, 1.82) is 0 Å². The molecule has 0 aromatic rings. The van der Waals surface area contributed by atoms with Gasteiger partial charge in [0.2, 0.25) is 0 Å². The third kappa shape index (κ3) is 8.46. The van der Waals surface area contributed by atoms with Gasteiger partial charge in [0.05, 0.1) is 0 Å². The van der Waals surface area contributed by atoms with Crippen molar-refractivity contribution in [1.82, 2.24) is 0 Å². The summed E-state index contributed by atoms with van der Waals surface area (Å²) in [6, 6.07) is 0. The van der Waals surface area contributed by atoms with Gasteiger partial charge < -0.3 is 0 Å². The van der Waals surface area contributed by atoms with Gasteiger partial charge in [-0.3, -0.25) is 4.79 Å². The van der Waals surface area contributed by atoms with E-state index in [0.717, 1.165) is 19.3 Å². The second-order valence-electron chi connectivity index (χ2n) is 5.38. The molecule has 0 rings (SSSR count). The molecule has 1 heteroatoms. The Hall–Kier alpha value is -0.850. The van der Waals surface area contributed by atoms with E-state index in [9.17, 15) is 4.79 Å². The summed E-state index contributed by atoms with van der Waals surface area (Å²) < 4.78 is 0. The third-order valence-electron chi connectivity index (χ3n) is 2.53. The molecule has 0 aromatic heterocycles. The van der Waals surface area contributed by atoms with Crippen LogP contribution in [0, 0.1) is 5.41 Å². The summed E-state index contributed by atoms with van der Waals surface area (Å²) in [6.45, 7) is 10.6. The SMILES string of the molecule is CCCCC(=O)/C=C/C(C)(C)CC=C(C)C. The topological polar surface area (TPSA) is 17.1 Å². The van der Waals surface area contributed by atoms with E-state index in [0.29, 0.717) is 6.42 Å². The van der Waals surface area contributed by atoms with Crippen LogP contribution in [-0.2, 0) is 4.79 Å². The Labute approximate surface area is 101 Å². The van der Waals surface area contributed by atoms with Crippen molar-refractivity contribution in [3.8, 4) is 0 Å². The van der Waals surface area contributed by atoms with Crippen molar-refractivity contribution in [2.75, 3.05) is 0 Å². The number of hydrogen-bond acceptors (Lipinski definition) is 1. The smallest absolute Gasteiger partial charge is 0.155 e. The first-order valence-electron chi connectivity index (χ1n) is 6.23. The minimum absolute atomic E-state index is 0.0825. The van der Waals surface area contributed by atoms with Gasteiger partial charge in [-0.2, -0.15) is 0 Å². The van der Waals surface area contributed by atoms with Crippen molar-refractivity contribution >= 4 is 5.78 Å². The lowest BCUT2D eigenvalue weighted by Crippen LogP contribution is -2.07. The lowest BCUT2D eigenvalue weighted by molar-refractivity contribution is -0.114. The maximum Gasteiger partial charge on any atom is 0.155 e. The number of hydrogen-bond donors (Lipinski definition) is 0. The fourth-order valence-corrected chi connectivity index (χ4v) is 1.29. The average molecular weight is 222 g/mol. The molecule has 0 aromatic carbocycles. The minimum Gasteiger partial charge on any atom is -0.295 e. The van der Waals surface area contributed by atoms with E-state index in [4.69, 9.17) is 0 Å². The average Bonchev–Trinajstić information content (AvgIpc) is 2.21. The number of unbranched alkanes of at least 4 members (excludes halogenated alkanes) is 1. The number of allylic oxidation sites excluding steroid dienone is 4. The molecule has 0 amide bonds. The molecule has 92 valence electrons. The molecule has 0 aliphatic heterocycles. The predicted octanol–water partition coefficient (Wildman–Crippen LogP) is 4.68. The summed E-state index contributed by atoms with van der Waals surface area (Å²) in [6.07, 6.45) is 9.79. The van der Waals surface area contributed by atoms with Crippen LogP contribution >= 0.6 is 0 Å². The Kier molecular flexibility index (Phi) is 7.03. The maximum absolute atomic E-state index is 11.5. The molecule has 0 fully saturated rings. The molecule has 0 N–H and O–H groups in total. The summed E-state index contributed by atoms with van der Waals surface area (Å²) in [7, 11) is 0.